The molecule has 2 amide bonds. The number of unbranched alkanes of at least 4 members (excludes halogenated alkanes) is 2. The summed E-state index contributed by atoms with van der Waals surface area (Å²) < 4.78 is 5.53. The van der Waals surface area contributed by atoms with E-state index in [1.54, 1.807) is 0 Å². The lowest BCUT2D eigenvalue weighted by molar-refractivity contribution is -0.122. The molecule has 0 spiro atoms. The molecule has 36 heavy (non-hydrogen) atoms. The molecular weight excluding hydrogens is 452 g/mol. The second kappa shape index (κ2) is 9.96. The third-order valence-corrected chi connectivity index (χ3v) is 6.65. The molecule has 0 aliphatic carbocycles. The molecule has 1 aromatic heterocycles. The van der Waals surface area contributed by atoms with Crippen LogP contribution in [0.1, 0.15) is 83.8 Å². The largest absolute Gasteiger partial charge is 0.444 e. The van der Waals surface area contributed by atoms with E-state index < -0.39 is 23.2 Å². The molecule has 1 unspecified atom stereocenters. The van der Waals surface area contributed by atoms with Crippen LogP contribution in [0.2, 0.25) is 0 Å². The highest BCUT2D eigenvalue weighted by molar-refractivity contribution is 6.09. The van der Waals surface area contributed by atoms with E-state index in [-0.39, 0.29) is 5.91 Å². The quantitative estimate of drug-likeness (QED) is 0.369. The van der Waals surface area contributed by atoms with Crippen LogP contribution in [-0.2, 0) is 21.4 Å². The number of alkyl carbamates (subject to hydrolysis) is 1. The zero-order valence-electron chi connectivity index (χ0n) is 22.3. The minimum absolute atomic E-state index is 0.134. The van der Waals surface area contributed by atoms with Gasteiger partial charge in [-0.25, -0.2) is 9.78 Å². The number of nitrogens with one attached hydrogen (secondary N) is 2. The number of nitrogens with zero attached hydrogens (tertiary/aromatic N) is 2. The van der Waals surface area contributed by atoms with Gasteiger partial charge in [-0.2, -0.15) is 0 Å². The fourth-order valence-electron chi connectivity index (χ4n) is 4.77. The van der Waals surface area contributed by atoms with Crippen molar-refractivity contribution >= 4 is 28.7 Å². The summed E-state index contributed by atoms with van der Waals surface area (Å²) in [6.45, 7) is 12.4. The number of hydrogen-bond donors (Lipinski definition) is 2. The zero-order valence-corrected chi connectivity index (χ0v) is 22.3. The van der Waals surface area contributed by atoms with E-state index >= 15 is 0 Å². The highest BCUT2D eigenvalue weighted by atomic mass is 16.6. The number of H-pyrrole nitrogens is 1. The van der Waals surface area contributed by atoms with Gasteiger partial charge in [0.1, 0.15) is 11.4 Å². The van der Waals surface area contributed by atoms with Crippen LogP contribution in [0.5, 0.6) is 0 Å². The SMILES string of the molecule is CCCCCN1C(=O)C(C)(C)c2cc3[nH]c(C(Cc4ccccc4)NC(=O)OC(C)(C)C)nc3cc21. The first-order valence-corrected chi connectivity index (χ1v) is 12.9. The van der Waals surface area contributed by atoms with Gasteiger partial charge in [0.05, 0.1) is 28.2 Å². The number of ether oxygens (including phenoxy) is 1. The Hall–Kier alpha value is -3.35. The third kappa shape index (κ3) is 5.40. The van der Waals surface area contributed by atoms with Crippen molar-refractivity contribution in [2.75, 3.05) is 11.4 Å². The molecule has 1 atom stereocenters. The Morgan fingerprint density at radius 1 is 1.17 bits per heavy atom. The Morgan fingerprint density at radius 3 is 2.56 bits per heavy atom. The molecule has 2 aromatic carbocycles. The molecule has 2 heterocycles. The van der Waals surface area contributed by atoms with Gasteiger partial charge in [-0.1, -0.05) is 50.1 Å². The number of carbonyl (C=O) groups excluding carboxylic acids is 2. The molecule has 2 N–H and O–H groups in total. The smallest absolute Gasteiger partial charge is 0.408 e. The van der Waals surface area contributed by atoms with Crippen molar-refractivity contribution in [3.63, 3.8) is 0 Å². The first-order valence-electron chi connectivity index (χ1n) is 12.9. The fourth-order valence-corrected chi connectivity index (χ4v) is 4.77. The number of hydrogen-bond acceptors (Lipinski definition) is 4. The molecule has 7 nitrogen and oxygen atoms in total. The molecule has 0 saturated carbocycles. The molecule has 192 valence electrons. The molecule has 0 bridgehead atoms. The number of carbonyl (C=O) groups is 2. The Morgan fingerprint density at radius 2 is 1.89 bits per heavy atom. The lowest BCUT2D eigenvalue weighted by atomic mass is 9.86. The molecule has 0 fully saturated rings. The number of amides is 2. The van der Waals surface area contributed by atoms with Gasteiger partial charge in [0, 0.05) is 13.0 Å². The van der Waals surface area contributed by atoms with E-state index in [4.69, 9.17) is 9.72 Å². The molecule has 7 heteroatoms. The van der Waals surface area contributed by atoms with Gasteiger partial charge >= 0.3 is 6.09 Å². The Labute approximate surface area is 213 Å². The van der Waals surface area contributed by atoms with Crippen LogP contribution in [0.15, 0.2) is 42.5 Å². The second-order valence-corrected chi connectivity index (χ2v) is 11.2. The predicted molar refractivity (Wildman–Crippen MR) is 143 cm³/mol. The van der Waals surface area contributed by atoms with Crippen LogP contribution in [-0.4, -0.2) is 34.1 Å². The number of aromatic nitrogens is 2. The normalized spacial score (nSPS) is 15.7. The topological polar surface area (TPSA) is 87.3 Å². The molecule has 1 aliphatic rings. The van der Waals surface area contributed by atoms with Gasteiger partial charge in [0.15, 0.2) is 0 Å². The first kappa shape index (κ1) is 25.7. The lowest BCUT2D eigenvalue weighted by Crippen LogP contribution is -2.36. The van der Waals surface area contributed by atoms with Crippen molar-refractivity contribution < 1.29 is 14.3 Å². The van der Waals surface area contributed by atoms with Crippen molar-refractivity contribution in [2.45, 2.75) is 84.3 Å². The standard InChI is InChI=1S/C29H38N4O3/c1-7-8-12-15-33-24-18-22-21(17-20(24)29(5,6)26(33)34)30-25(31-22)23(16-19-13-10-9-11-14-19)32-27(35)36-28(2,3)4/h9-11,13-14,17-18,23H,7-8,12,15-16H2,1-6H3,(H,30,31)(H,32,35). The average molecular weight is 491 g/mol. The number of aromatic amines is 1. The number of benzene rings is 2. The summed E-state index contributed by atoms with van der Waals surface area (Å²) in [4.78, 5) is 36.1. The maximum absolute atomic E-state index is 13.2. The molecule has 0 saturated heterocycles. The number of rotatable bonds is 8. The van der Waals surface area contributed by atoms with Crippen molar-refractivity contribution in [3.05, 3.63) is 59.4 Å². The van der Waals surface area contributed by atoms with E-state index in [0.717, 1.165) is 47.1 Å². The van der Waals surface area contributed by atoms with E-state index in [0.29, 0.717) is 18.8 Å². The van der Waals surface area contributed by atoms with Gasteiger partial charge < -0.3 is 19.9 Å². The van der Waals surface area contributed by atoms with Crippen LogP contribution in [0.4, 0.5) is 10.5 Å². The Bertz CT molecular complexity index is 1240. The minimum Gasteiger partial charge on any atom is -0.444 e. The monoisotopic (exact) mass is 490 g/mol. The fraction of sp³-hybridized carbons (Fsp3) is 0.483. The Balaban J connectivity index is 1.69. The van der Waals surface area contributed by atoms with Gasteiger partial charge in [0.2, 0.25) is 5.91 Å². The summed E-state index contributed by atoms with van der Waals surface area (Å²) in [6, 6.07) is 13.6. The van der Waals surface area contributed by atoms with Crippen LogP contribution < -0.4 is 10.2 Å². The van der Waals surface area contributed by atoms with E-state index in [9.17, 15) is 9.59 Å². The van der Waals surface area contributed by atoms with Crippen molar-refractivity contribution in [1.29, 1.82) is 0 Å². The summed E-state index contributed by atoms with van der Waals surface area (Å²) in [5.41, 5.74) is 3.45. The number of imidazole rings is 1. The highest BCUT2D eigenvalue weighted by Gasteiger charge is 2.44. The first-order chi connectivity index (χ1) is 17.0. The van der Waals surface area contributed by atoms with Gasteiger partial charge in [0.25, 0.3) is 0 Å². The summed E-state index contributed by atoms with van der Waals surface area (Å²) in [7, 11) is 0. The summed E-state index contributed by atoms with van der Waals surface area (Å²) in [6.07, 6.45) is 3.24. The van der Waals surface area contributed by atoms with Crippen molar-refractivity contribution in [2.24, 2.45) is 0 Å². The van der Waals surface area contributed by atoms with E-state index in [2.05, 4.69) is 17.2 Å². The van der Waals surface area contributed by atoms with Crippen LogP contribution in [0.3, 0.4) is 0 Å². The minimum atomic E-state index is -0.602. The van der Waals surface area contributed by atoms with Gasteiger partial charge in [-0.3, -0.25) is 4.79 Å². The van der Waals surface area contributed by atoms with E-state index in [1.807, 2.05) is 82.0 Å². The van der Waals surface area contributed by atoms with Crippen LogP contribution >= 0.6 is 0 Å². The second-order valence-electron chi connectivity index (χ2n) is 11.2. The molecule has 1 aliphatic heterocycles. The third-order valence-electron chi connectivity index (χ3n) is 6.65. The molecular formula is C29H38N4O3. The summed E-state index contributed by atoms with van der Waals surface area (Å²) in [5.74, 6) is 0.792. The maximum Gasteiger partial charge on any atom is 0.408 e. The van der Waals surface area contributed by atoms with Crippen molar-refractivity contribution in [1.82, 2.24) is 15.3 Å². The van der Waals surface area contributed by atoms with Crippen molar-refractivity contribution in [3.8, 4) is 0 Å². The lowest BCUT2D eigenvalue weighted by Gasteiger charge is -2.23. The average Bonchev–Trinajstić information content (AvgIpc) is 3.29. The van der Waals surface area contributed by atoms with Gasteiger partial charge in [-0.15, -0.1) is 0 Å². The Kier molecular flexibility index (Phi) is 7.12. The molecule has 0 radical (unpaired) electrons. The number of anilines is 1. The molecule has 4 rings (SSSR count). The maximum atomic E-state index is 13.2. The highest BCUT2D eigenvalue weighted by Crippen LogP contribution is 2.43. The predicted octanol–water partition coefficient (Wildman–Crippen LogP) is 6.19. The molecule has 3 aromatic rings. The van der Waals surface area contributed by atoms with Crippen LogP contribution in [0.25, 0.3) is 11.0 Å². The zero-order chi connectivity index (χ0) is 26.1. The summed E-state index contributed by atoms with van der Waals surface area (Å²) in [5, 5.41) is 3.00. The summed E-state index contributed by atoms with van der Waals surface area (Å²) >= 11 is 0. The van der Waals surface area contributed by atoms with Gasteiger partial charge in [-0.05, 0) is 64.3 Å². The number of fused-ring (bicyclic) bond motifs is 2. The van der Waals surface area contributed by atoms with Crippen LogP contribution in [0, 0.1) is 0 Å². The van der Waals surface area contributed by atoms with E-state index in [1.165, 1.54) is 0 Å².